The molecule has 0 N–H and O–H groups in total. The first-order valence-electron chi connectivity index (χ1n) is 9.32. The third-order valence-electron chi connectivity index (χ3n) is 4.47. The molecule has 7 nitrogen and oxygen atoms in total. The Labute approximate surface area is 168 Å². The molecule has 2 aromatic rings. The van der Waals surface area contributed by atoms with E-state index in [2.05, 4.69) is 4.98 Å². The lowest BCUT2D eigenvalue weighted by molar-refractivity contribution is -0.135. The van der Waals surface area contributed by atoms with E-state index in [0.29, 0.717) is 19.6 Å². The van der Waals surface area contributed by atoms with Gasteiger partial charge in [0, 0.05) is 25.8 Å². The smallest absolute Gasteiger partial charge is 0.358 e. The van der Waals surface area contributed by atoms with Crippen molar-refractivity contribution in [1.29, 1.82) is 0 Å². The Bertz CT molecular complexity index is 914. The Hall–Kier alpha value is -3.29. The molecule has 0 saturated carbocycles. The van der Waals surface area contributed by atoms with Crippen LogP contribution in [0.15, 0.2) is 42.6 Å². The van der Waals surface area contributed by atoms with Gasteiger partial charge in [-0.3, -0.25) is 9.59 Å². The summed E-state index contributed by atoms with van der Waals surface area (Å²) in [6, 6.07) is 9.01. The minimum absolute atomic E-state index is 0.0626. The summed E-state index contributed by atoms with van der Waals surface area (Å²) in [6.45, 7) is 4.32. The van der Waals surface area contributed by atoms with Gasteiger partial charge >= 0.3 is 5.97 Å². The van der Waals surface area contributed by atoms with E-state index in [1.165, 1.54) is 29.3 Å². The van der Waals surface area contributed by atoms with Crippen LogP contribution in [0.5, 0.6) is 0 Å². The van der Waals surface area contributed by atoms with Gasteiger partial charge in [0.1, 0.15) is 12.4 Å². The molecule has 2 heterocycles. The van der Waals surface area contributed by atoms with Gasteiger partial charge in [0.05, 0.1) is 11.7 Å². The van der Waals surface area contributed by atoms with Gasteiger partial charge < -0.3 is 14.5 Å². The van der Waals surface area contributed by atoms with E-state index < -0.39 is 11.9 Å². The molecule has 1 fully saturated rings. The summed E-state index contributed by atoms with van der Waals surface area (Å²) in [5, 5.41) is 0. The fraction of sp³-hybridized carbons (Fsp3) is 0.333. The van der Waals surface area contributed by atoms with Gasteiger partial charge in [-0.2, -0.15) is 0 Å². The highest BCUT2D eigenvalue weighted by molar-refractivity contribution is 6.05. The van der Waals surface area contributed by atoms with Crippen molar-refractivity contribution in [3.8, 4) is 0 Å². The molecule has 0 unspecified atom stereocenters. The fourth-order valence-corrected chi connectivity index (χ4v) is 3.04. The van der Waals surface area contributed by atoms with Crippen LogP contribution in [0, 0.1) is 5.82 Å². The quantitative estimate of drug-likeness (QED) is 0.721. The molecule has 0 aliphatic carbocycles. The number of benzene rings is 1. The molecule has 0 spiro atoms. The molecular weight excluding hydrogens is 377 g/mol. The van der Waals surface area contributed by atoms with E-state index in [1.807, 2.05) is 0 Å². The van der Waals surface area contributed by atoms with Gasteiger partial charge in [-0.1, -0.05) is 12.1 Å². The van der Waals surface area contributed by atoms with Crippen molar-refractivity contribution in [3.05, 3.63) is 65.2 Å². The second kappa shape index (κ2) is 8.81. The molecule has 0 radical (unpaired) electrons. The summed E-state index contributed by atoms with van der Waals surface area (Å²) < 4.78 is 18.2. The molecule has 1 aliphatic heterocycles. The number of hydrogen-bond acceptors (Lipinski definition) is 5. The largest absolute Gasteiger partial charge is 0.458 e. The Morgan fingerprint density at radius 2 is 1.90 bits per heavy atom. The SMILES string of the molecule is CC(C)OC(=O)c1ncccc1C(=O)N1CCN(Cc2ccc(F)cc2)C(=O)C1. The maximum atomic E-state index is 13.0. The molecule has 1 aromatic carbocycles. The predicted octanol–water partition coefficient (Wildman–Crippen LogP) is 2.27. The molecule has 0 atom stereocenters. The number of ether oxygens (including phenoxy) is 1. The average molecular weight is 399 g/mol. The number of hydrogen-bond donors (Lipinski definition) is 0. The van der Waals surface area contributed by atoms with Crippen molar-refractivity contribution >= 4 is 17.8 Å². The van der Waals surface area contributed by atoms with Crippen molar-refractivity contribution in [1.82, 2.24) is 14.8 Å². The standard InChI is InChI=1S/C21H22FN3O4/c1-14(2)29-21(28)19-17(4-3-9-23-19)20(27)25-11-10-24(18(26)13-25)12-15-5-7-16(22)8-6-15/h3-9,14H,10-13H2,1-2H3. The molecule has 8 heteroatoms. The summed E-state index contributed by atoms with van der Waals surface area (Å²) in [5.74, 6) is -1.67. The van der Waals surface area contributed by atoms with Crippen LogP contribution in [-0.4, -0.2) is 58.3 Å². The van der Waals surface area contributed by atoms with E-state index in [1.54, 1.807) is 36.9 Å². The van der Waals surface area contributed by atoms with Gasteiger partial charge in [0.25, 0.3) is 5.91 Å². The zero-order valence-electron chi connectivity index (χ0n) is 16.3. The summed E-state index contributed by atoms with van der Waals surface area (Å²) in [4.78, 5) is 44.7. The minimum Gasteiger partial charge on any atom is -0.458 e. The molecule has 1 saturated heterocycles. The Morgan fingerprint density at radius 1 is 1.17 bits per heavy atom. The summed E-state index contributed by atoms with van der Waals surface area (Å²) >= 11 is 0. The molecule has 2 amide bonds. The van der Waals surface area contributed by atoms with Crippen molar-refractivity contribution in [3.63, 3.8) is 0 Å². The number of carbonyl (C=O) groups excluding carboxylic acids is 3. The van der Waals surface area contributed by atoms with Gasteiger partial charge in [-0.15, -0.1) is 0 Å². The van der Waals surface area contributed by atoms with Crippen LogP contribution in [0.4, 0.5) is 4.39 Å². The molecule has 0 bridgehead atoms. The van der Waals surface area contributed by atoms with Crippen LogP contribution in [-0.2, 0) is 16.1 Å². The number of esters is 1. The van der Waals surface area contributed by atoms with Crippen LogP contribution >= 0.6 is 0 Å². The lowest BCUT2D eigenvalue weighted by Gasteiger charge is -2.34. The first-order valence-corrected chi connectivity index (χ1v) is 9.32. The average Bonchev–Trinajstić information content (AvgIpc) is 2.70. The number of rotatable bonds is 5. The number of pyridine rings is 1. The van der Waals surface area contributed by atoms with E-state index in [-0.39, 0.29) is 35.6 Å². The third-order valence-corrected chi connectivity index (χ3v) is 4.47. The van der Waals surface area contributed by atoms with Gasteiger partial charge in [-0.25, -0.2) is 14.2 Å². The second-order valence-corrected chi connectivity index (χ2v) is 7.02. The zero-order valence-corrected chi connectivity index (χ0v) is 16.3. The van der Waals surface area contributed by atoms with E-state index in [9.17, 15) is 18.8 Å². The van der Waals surface area contributed by atoms with Crippen molar-refractivity contribution < 1.29 is 23.5 Å². The molecule has 3 rings (SSSR count). The number of nitrogens with zero attached hydrogens (tertiary/aromatic N) is 3. The Morgan fingerprint density at radius 3 is 2.55 bits per heavy atom. The van der Waals surface area contributed by atoms with E-state index in [0.717, 1.165) is 5.56 Å². The topological polar surface area (TPSA) is 79.8 Å². The number of aromatic nitrogens is 1. The Kier molecular flexibility index (Phi) is 6.21. The van der Waals surface area contributed by atoms with Crippen LogP contribution in [0.1, 0.15) is 40.3 Å². The number of amides is 2. The number of carbonyl (C=O) groups is 3. The minimum atomic E-state index is -0.676. The first kappa shape index (κ1) is 20.4. The monoisotopic (exact) mass is 399 g/mol. The highest BCUT2D eigenvalue weighted by Gasteiger charge is 2.30. The first-order chi connectivity index (χ1) is 13.8. The lowest BCUT2D eigenvalue weighted by Crippen LogP contribution is -2.52. The van der Waals surface area contributed by atoms with Crippen LogP contribution in [0.25, 0.3) is 0 Å². The van der Waals surface area contributed by atoms with Crippen molar-refractivity contribution in [2.24, 2.45) is 0 Å². The van der Waals surface area contributed by atoms with Gasteiger partial charge in [0.15, 0.2) is 5.69 Å². The molecule has 29 heavy (non-hydrogen) atoms. The van der Waals surface area contributed by atoms with Gasteiger partial charge in [-0.05, 0) is 43.7 Å². The molecule has 152 valence electrons. The summed E-state index contributed by atoms with van der Waals surface area (Å²) in [7, 11) is 0. The van der Waals surface area contributed by atoms with Crippen LogP contribution in [0.3, 0.4) is 0 Å². The van der Waals surface area contributed by atoms with Crippen LogP contribution < -0.4 is 0 Å². The maximum Gasteiger partial charge on any atom is 0.358 e. The molecule has 1 aliphatic rings. The maximum absolute atomic E-state index is 13.0. The summed E-state index contributed by atoms with van der Waals surface area (Å²) in [5.41, 5.74) is 0.857. The van der Waals surface area contributed by atoms with E-state index in [4.69, 9.17) is 4.74 Å². The Balaban J connectivity index is 1.69. The second-order valence-electron chi connectivity index (χ2n) is 7.02. The van der Waals surface area contributed by atoms with Crippen LogP contribution in [0.2, 0.25) is 0 Å². The van der Waals surface area contributed by atoms with E-state index >= 15 is 0 Å². The predicted molar refractivity (Wildman–Crippen MR) is 103 cm³/mol. The molecule has 1 aromatic heterocycles. The fourth-order valence-electron chi connectivity index (χ4n) is 3.04. The van der Waals surface area contributed by atoms with Crippen molar-refractivity contribution in [2.45, 2.75) is 26.5 Å². The normalized spacial score (nSPS) is 14.3. The lowest BCUT2D eigenvalue weighted by atomic mass is 10.1. The van der Waals surface area contributed by atoms with Gasteiger partial charge in [0.2, 0.25) is 5.91 Å². The van der Waals surface area contributed by atoms with Crippen molar-refractivity contribution in [2.75, 3.05) is 19.6 Å². The zero-order chi connectivity index (χ0) is 21.0. The highest BCUT2D eigenvalue weighted by Crippen LogP contribution is 2.16. The third kappa shape index (κ3) is 4.96. The summed E-state index contributed by atoms with van der Waals surface area (Å²) in [6.07, 6.45) is 1.07. The number of piperazine rings is 1. The highest BCUT2D eigenvalue weighted by atomic mass is 19.1. The molecular formula is C21H22FN3O4. The number of halogens is 1.